The summed E-state index contributed by atoms with van der Waals surface area (Å²) in [5.41, 5.74) is 9.39. The number of furan rings is 1. The fraction of sp³-hybridized carbons (Fsp3) is 0.152. The molecule has 0 unspecified atom stereocenters. The minimum Gasteiger partial charge on any atom is -0.501 e. The summed E-state index contributed by atoms with van der Waals surface area (Å²) < 4.78 is 6.00. The fourth-order valence-corrected chi connectivity index (χ4v) is 4.36. The van der Waals surface area contributed by atoms with Crippen LogP contribution in [0, 0.1) is 26.0 Å². The minimum absolute atomic E-state index is 0. The van der Waals surface area contributed by atoms with Gasteiger partial charge in [-0.3, -0.25) is 0 Å². The molecule has 37 heavy (non-hydrogen) atoms. The second-order valence-corrected chi connectivity index (χ2v) is 9.27. The summed E-state index contributed by atoms with van der Waals surface area (Å²) in [4.78, 5) is 8.94. The van der Waals surface area contributed by atoms with Crippen LogP contribution in [0.3, 0.4) is 0 Å². The number of aryl methyl sites for hydroxylation is 2. The van der Waals surface area contributed by atoms with Gasteiger partial charge in [0.1, 0.15) is 5.58 Å². The molecule has 4 heteroatoms. The molecule has 0 saturated heterocycles. The minimum atomic E-state index is 0. The maximum Gasteiger partial charge on any atom is 0.120 e. The van der Waals surface area contributed by atoms with Crippen LogP contribution in [-0.4, -0.2) is 9.97 Å². The van der Waals surface area contributed by atoms with Gasteiger partial charge < -0.3 is 14.4 Å². The van der Waals surface area contributed by atoms with Crippen molar-refractivity contribution in [3.63, 3.8) is 0 Å². The molecule has 3 heterocycles. The van der Waals surface area contributed by atoms with Gasteiger partial charge in [-0.25, -0.2) is 0 Å². The number of hydrogen-bond donors (Lipinski definition) is 0. The molecule has 6 rings (SSSR count). The van der Waals surface area contributed by atoms with E-state index in [-0.39, 0.29) is 20.1 Å². The fourth-order valence-electron chi connectivity index (χ4n) is 4.36. The Morgan fingerprint density at radius 3 is 2.27 bits per heavy atom. The molecule has 0 bridgehead atoms. The third-order valence-corrected chi connectivity index (χ3v) is 6.26. The second kappa shape index (κ2) is 11.6. The monoisotopic (exact) mass is 661 g/mol. The van der Waals surface area contributed by atoms with E-state index in [4.69, 9.17) is 4.42 Å². The molecule has 6 aromatic rings. The number of hydrogen-bond acceptors (Lipinski definition) is 3. The Labute approximate surface area is 232 Å². The zero-order chi connectivity index (χ0) is 25.1. The zero-order valence-electron chi connectivity index (χ0n) is 21.4. The Morgan fingerprint density at radius 2 is 1.54 bits per heavy atom. The van der Waals surface area contributed by atoms with Crippen molar-refractivity contribution in [2.45, 2.75) is 33.6 Å². The van der Waals surface area contributed by atoms with Crippen molar-refractivity contribution in [3.8, 4) is 22.5 Å². The molecule has 0 amide bonds. The first kappa shape index (κ1) is 26.5. The second-order valence-electron chi connectivity index (χ2n) is 9.27. The van der Waals surface area contributed by atoms with Gasteiger partial charge in [0.25, 0.3) is 0 Å². The van der Waals surface area contributed by atoms with E-state index in [9.17, 15) is 0 Å². The summed E-state index contributed by atoms with van der Waals surface area (Å²) in [6.45, 7) is 8.56. The third-order valence-electron chi connectivity index (χ3n) is 6.26. The molecule has 1 radical (unpaired) electrons. The SMILES string of the molecule is Cc1ccc(-c2[c-]ccc3c2oc2ccccc23)nc1.Cc1cnc(-c2[c-]cccc2)cc1C(C)C.[Ir]. The predicted molar refractivity (Wildman–Crippen MR) is 148 cm³/mol. The topological polar surface area (TPSA) is 38.9 Å². The molecule has 187 valence electrons. The Hall–Kier alpha value is -3.59. The Bertz CT molecular complexity index is 1620. The molecular formula is C33H28IrN2O-2. The van der Waals surface area contributed by atoms with Crippen molar-refractivity contribution in [2.24, 2.45) is 0 Å². The smallest absolute Gasteiger partial charge is 0.120 e. The molecule has 0 N–H and O–H groups in total. The van der Waals surface area contributed by atoms with E-state index in [1.54, 1.807) is 0 Å². The number of benzene rings is 3. The van der Waals surface area contributed by atoms with Crippen molar-refractivity contribution >= 4 is 21.9 Å². The van der Waals surface area contributed by atoms with Crippen molar-refractivity contribution < 1.29 is 24.5 Å². The first-order chi connectivity index (χ1) is 17.5. The molecule has 0 spiro atoms. The summed E-state index contributed by atoms with van der Waals surface area (Å²) in [7, 11) is 0. The summed E-state index contributed by atoms with van der Waals surface area (Å²) >= 11 is 0. The van der Waals surface area contributed by atoms with Crippen molar-refractivity contribution in [3.05, 3.63) is 120 Å². The van der Waals surface area contributed by atoms with Crippen LogP contribution in [0.4, 0.5) is 0 Å². The molecule has 0 aliphatic carbocycles. The zero-order valence-corrected chi connectivity index (χ0v) is 23.8. The first-order valence-electron chi connectivity index (χ1n) is 12.2. The third kappa shape index (κ3) is 5.72. The van der Waals surface area contributed by atoms with Crippen molar-refractivity contribution in [1.29, 1.82) is 0 Å². The average Bonchev–Trinajstić information content (AvgIpc) is 3.29. The Morgan fingerprint density at radius 1 is 0.757 bits per heavy atom. The van der Waals surface area contributed by atoms with E-state index in [0.29, 0.717) is 5.92 Å². The van der Waals surface area contributed by atoms with E-state index >= 15 is 0 Å². The molecule has 3 aromatic carbocycles. The summed E-state index contributed by atoms with van der Waals surface area (Å²) in [6.07, 6.45) is 3.82. The quantitative estimate of drug-likeness (QED) is 0.178. The van der Waals surface area contributed by atoms with E-state index in [2.05, 4.69) is 61.1 Å². The molecule has 0 aliphatic heterocycles. The number of para-hydroxylation sites is 1. The van der Waals surface area contributed by atoms with E-state index < -0.39 is 0 Å². The number of pyridine rings is 2. The molecular weight excluding hydrogens is 633 g/mol. The number of nitrogens with zero attached hydrogens (tertiary/aromatic N) is 2. The van der Waals surface area contributed by atoms with Crippen LogP contribution in [0.5, 0.6) is 0 Å². The van der Waals surface area contributed by atoms with Crippen LogP contribution in [0.15, 0.2) is 95.7 Å². The van der Waals surface area contributed by atoms with Crippen LogP contribution < -0.4 is 0 Å². The van der Waals surface area contributed by atoms with Gasteiger partial charge in [0.2, 0.25) is 0 Å². The van der Waals surface area contributed by atoms with Crippen molar-refractivity contribution in [1.82, 2.24) is 9.97 Å². The Kier molecular flexibility index (Phi) is 8.33. The van der Waals surface area contributed by atoms with E-state index in [1.807, 2.05) is 80.0 Å². The number of rotatable bonds is 3. The standard InChI is InChI=1S/C18H12NO.C15H16N.Ir/c1-12-9-10-16(19-11-12)15-7-4-6-14-13-5-2-3-8-17(13)20-18(14)15;1-11(2)14-9-15(16-10-12(14)3)13-7-5-4-6-8-13;/h2-6,8-11H,1H3;4-7,9-11H,1-3H3;/q2*-1;. The molecule has 3 nitrogen and oxygen atoms in total. The molecule has 3 aromatic heterocycles. The van der Waals surface area contributed by atoms with E-state index in [1.165, 1.54) is 11.1 Å². The largest absolute Gasteiger partial charge is 0.501 e. The maximum atomic E-state index is 6.00. The molecule has 0 fully saturated rings. The summed E-state index contributed by atoms with van der Waals surface area (Å²) in [5, 5.41) is 2.24. The molecule has 0 saturated carbocycles. The van der Waals surface area contributed by atoms with Gasteiger partial charge in [-0.15, -0.1) is 54.1 Å². The van der Waals surface area contributed by atoms with E-state index in [0.717, 1.165) is 50.0 Å². The van der Waals surface area contributed by atoms with Gasteiger partial charge >= 0.3 is 0 Å². The van der Waals surface area contributed by atoms with Crippen LogP contribution in [-0.2, 0) is 20.1 Å². The van der Waals surface area contributed by atoms with Crippen LogP contribution in [0.2, 0.25) is 0 Å². The van der Waals surface area contributed by atoms with Gasteiger partial charge in [0.05, 0.1) is 5.58 Å². The van der Waals surface area contributed by atoms with Crippen molar-refractivity contribution in [2.75, 3.05) is 0 Å². The average molecular weight is 661 g/mol. The normalized spacial score (nSPS) is 10.7. The Balaban J connectivity index is 0.000000173. The first-order valence-corrected chi connectivity index (χ1v) is 12.2. The summed E-state index contributed by atoms with van der Waals surface area (Å²) in [5.74, 6) is 0.533. The number of fused-ring (bicyclic) bond motifs is 3. The van der Waals surface area contributed by atoms with Crippen LogP contribution >= 0.6 is 0 Å². The number of aromatic nitrogens is 2. The van der Waals surface area contributed by atoms with Gasteiger partial charge in [0.15, 0.2) is 0 Å². The maximum absolute atomic E-state index is 6.00. The van der Waals surface area contributed by atoms with Gasteiger partial charge in [0, 0.05) is 37.9 Å². The van der Waals surface area contributed by atoms with Gasteiger partial charge in [-0.1, -0.05) is 61.2 Å². The molecule has 0 atom stereocenters. The van der Waals surface area contributed by atoms with Crippen LogP contribution in [0.1, 0.15) is 36.5 Å². The van der Waals surface area contributed by atoms with Crippen LogP contribution in [0.25, 0.3) is 44.5 Å². The predicted octanol–water partition coefficient (Wildman–Crippen LogP) is 8.73. The summed E-state index contributed by atoms with van der Waals surface area (Å²) in [6, 6.07) is 32.7. The van der Waals surface area contributed by atoms with Gasteiger partial charge in [-0.05, 0) is 53.9 Å². The molecule has 0 aliphatic rings. The van der Waals surface area contributed by atoms with Gasteiger partial charge in [-0.2, -0.15) is 0 Å².